The molecule has 1 heteroatoms. The van der Waals surface area contributed by atoms with E-state index >= 15 is 0 Å². The Balaban J connectivity index is 3.30. The molecule has 0 aromatic carbocycles. The van der Waals surface area contributed by atoms with E-state index in [1.165, 1.54) is 13.0 Å². The lowest BCUT2D eigenvalue weighted by atomic mass is 10.4. The van der Waals surface area contributed by atoms with Gasteiger partial charge in [0.05, 0.1) is 0 Å². The molecule has 0 aromatic rings. The third-order valence-electron chi connectivity index (χ3n) is 0.348. The molecular formula is C5H7O. The molecular weight excluding hydrogens is 76.1 g/mol. The highest BCUT2D eigenvalue weighted by Crippen LogP contribution is 1.67. The molecule has 0 saturated heterocycles. The van der Waals surface area contributed by atoms with Crippen molar-refractivity contribution in [2.45, 2.75) is 13.8 Å². The van der Waals surface area contributed by atoms with Gasteiger partial charge in [-0.2, -0.15) is 0 Å². The van der Waals surface area contributed by atoms with Gasteiger partial charge in [-0.05, 0) is 26.0 Å². The minimum atomic E-state index is 0.0532. The van der Waals surface area contributed by atoms with Crippen molar-refractivity contribution < 1.29 is 4.79 Å². The fraction of sp³-hybridized carbons (Fsp3) is 0.400. The number of ketones is 1. The van der Waals surface area contributed by atoms with Gasteiger partial charge in [-0.25, -0.2) is 0 Å². The topological polar surface area (TPSA) is 17.1 Å². The Morgan fingerprint density at radius 2 is 2.33 bits per heavy atom. The maximum atomic E-state index is 9.93. The van der Waals surface area contributed by atoms with E-state index in [0.29, 0.717) is 0 Å². The Bertz CT molecular complexity index is 72.0. The van der Waals surface area contributed by atoms with E-state index in [-0.39, 0.29) is 5.78 Å². The fourth-order valence-corrected chi connectivity index (χ4v) is 0.203. The molecule has 0 aliphatic rings. The second-order valence-corrected chi connectivity index (χ2v) is 1.04. The second kappa shape index (κ2) is 2.64. The van der Waals surface area contributed by atoms with Crippen LogP contribution in [-0.4, -0.2) is 5.78 Å². The van der Waals surface area contributed by atoms with E-state index < -0.39 is 0 Å². The average molecular weight is 83.1 g/mol. The van der Waals surface area contributed by atoms with Gasteiger partial charge in [0.1, 0.15) is 0 Å². The zero-order valence-corrected chi connectivity index (χ0v) is 3.99. The number of hydrogen-bond donors (Lipinski definition) is 0. The standard InChI is InChI=1S/C5H7O/c1-3-4-5(2)6/h4H,1-2H3. The Morgan fingerprint density at radius 1 is 1.83 bits per heavy atom. The van der Waals surface area contributed by atoms with Crippen LogP contribution in [0.5, 0.6) is 0 Å². The van der Waals surface area contributed by atoms with Crippen LogP contribution in [0.15, 0.2) is 6.08 Å². The van der Waals surface area contributed by atoms with Crippen molar-refractivity contribution in [3.63, 3.8) is 0 Å². The smallest absolute Gasteiger partial charge is 0.152 e. The maximum Gasteiger partial charge on any atom is 0.152 e. The lowest BCUT2D eigenvalue weighted by Gasteiger charge is -1.67. The number of carbonyl (C=O) groups excluding carboxylic acids is 1. The summed E-state index contributed by atoms with van der Waals surface area (Å²) in [5, 5.41) is 0. The molecule has 0 saturated carbocycles. The van der Waals surface area contributed by atoms with Crippen LogP contribution in [0.25, 0.3) is 0 Å². The van der Waals surface area contributed by atoms with Gasteiger partial charge in [0.25, 0.3) is 0 Å². The molecule has 0 spiro atoms. The lowest BCUT2D eigenvalue weighted by Crippen LogP contribution is -1.76. The molecule has 0 fully saturated rings. The minimum absolute atomic E-state index is 0.0532. The first-order valence-electron chi connectivity index (χ1n) is 1.78. The average Bonchev–Trinajstić information content (AvgIpc) is 1.35. The number of carbonyl (C=O) groups is 1. The highest BCUT2D eigenvalue weighted by molar-refractivity contribution is 5.86. The molecule has 0 aliphatic heterocycles. The summed E-state index contributed by atoms with van der Waals surface area (Å²) in [4.78, 5) is 9.93. The van der Waals surface area contributed by atoms with E-state index in [9.17, 15) is 4.79 Å². The van der Waals surface area contributed by atoms with Crippen LogP contribution in [-0.2, 0) is 4.79 Å². The minimum Gasteiger partial charge on any atom is -0.295 e. The number of allylic oxidation sites excluding steroid dienone is 2. The molecule has 0 aromatic heterocycles. The summed E-state index contributed by atoms with van der Waals surface area (Å²) in [5.74, 6) is 0.0532. The largest absolute Gasteiger partial charge is 0.295 e. The molecule has 33 valence electrons. The van der Waals surface area contributed by atoms with Crippen molar-refractivity contribution in [1.82, 2.24) is 0 Å². The van der Waals surface area contributed by atoms with Crippen LogP contribution in [0, 0.1) is 6.08 Å². The summed E-state index contributed by atoms with van der Waals surface area (Å²) in [6.45, 7) is 3.19. The first-order chi connectivity index (χ1) is 2.77. The third-order valence-corrected chi connectivity index (χ3v) is 0.348. The van der Waals surface area contributed by atoms with Gasteiger partial charge in [0.2, 0.25) is 0 Å². The molecule has 0 aliphatic carbocycles. The van der Waals surface area contributed by atoms with Gasteiger partial charge in [-0.15, -0.1) is 0 Å². The summed E-state index contributed by atoms with van der Waals surface area (Å²) in [6.07, 6.45) is 4.00. The fourth-order valence-electron chi connectivity index (χ4n) is 0.203. The van der Waals surface area contributed by atoms with E-state index in [4.69, 9.17) is 0 Å². The van der Waals surface area contributed by atoms with Gasteiger partial charge < -0.3 is 0 Å². The SMILES string of the molecule is C/[C]=C\C(C)=O. The molecule has 1 nitrogen and oxygen atoms in total. The Hall–Kier alpha value is -0.590. The summed E-state index contributed by atoms with van der Waals surface area (Å²) in [7, 11) is 0. The molecule has 6 heavy (non-hydrogen) atoms. The molecule has 0 atom stereocenters. The summed E-state index contributed by atoms with van der Waals surface area (Å²) < 4.78 is 0. The van der Waals surface area contributed by atoms with Crippen molar-refractivity contribution in [2.24, 2.45) is 0 Å². The molecule has 0 rings (SSSR count). The van der Waals surface area contributed by atoms with Crippen LogP contribution < -0.4 is 0 Å². The van der Waals surface area contributed by atoms with Gasteiger partial charge >= 0.3 is 0 Å². The highest BCUT2D eigenvalue weighted by atomic mass is 16.1. The van der Waals surface area contributed by atoms with Gasteiger partial charge in [-0.1, -0.05) is 0 Å². The predicted molar refractivity (Wildman–Crippen MR) is 24.2 cm³/mol. The first-order valence-corrected chi connectivity index (χ1v) is 1.78. The summed E-state index contributed by atoms with van der Waals surface area (Å²) in [5.41, 5.74) is 0. The highest BCUT2D eigenvalue weighted by Gasteiger charge is 1.73. The normalized spacial score (nSPS) is 9.67. The third kappa shape index (κ3) is 3.41. The van der Waals surface area contributed by atoms with E-state index in [0.717, 1.165) is 0 Å². The lowest BCUT2D eigenvalue weighted by molar-refractivity contribution is -0.112. The van der Waals surface area contributed by atoms with Crippen LogP contribution in [0.1, 0.15) is 13.8 Å². The molecule has 0 N–H and O–H groups in total. The summed E-state index contributed by atoms with van der Waals surface area (Å²) >= 11 is 0. The summed E-state index contributed by atoms with van der Waals surface area (Å²) in [6, 6.07) is 0. The first kappa shape index (κ1) is 5.41. The van der Waals surface area contributed by atoms with Crippen molar-refractivity contribution in [1.29, 1.82) is 0 Å². The van der Waals surface area contributed by atoms with Crippen molar-refractivity contribution >= 4 is 5.78 Å². The van der Waals surface area contributed by atoms with Crippen LogP contribution in [0.3, 0.4) is 0 Å². The molecule has 1 radical (unpaired) electrons. The van der Waals surface area contributed by atoms with Gasteiger partial charge in [0, 0.05) is 0 Å². The maximum absolute atomic E-state index is 9.93. The number of rotatable bonds is 1. The van der Waals surface area contributed by atoms with Crippen molar-refractivity contribution in [3.8, 4) is 0 Å². The number of hydrogen-bond acceptors (Lipinski definition) is 1. The van der Waals surface area contributed by atoms with E-state index in [2.05, 4.69) is 6.08 Å². The van der Waals surface area contributed by atoms with Crippen molar-refractivity contribution in [2.75, 3.05) is 0 Å². The quantitative estimate of drug-likeness (QED) is 0.431. The predicted octanol–water partition coefficient (Wildman–Crippen LogP) is 0.955. The van der Waals surface area contributed by atoms with E-state index in [1.807, 2.05) is 0 Å². The molecule has 0 bridgehead atoms. The van der Waals surface area contributed by atoms with Crippen LogP contribution in [0.4, 0.5) is 0 Å². The molecule has 0 amide bonds. The van der Waals surface area contributed by atoms with Crippen LogP contribution >= 0.6 is 0 Å². The van der Waals surface area contributed by atoms with E-state index in [1.54, 1.807) is 6.92 Å². The molecule has 0 unspecified atom stereocenters. The molecule has 0 heterocycles. The Morgan fingerprint density at radius 3 is 2.33 bits per heavy atom. The Labute approximate surface area is 37.7 Å². The van der Waals surface area contributed by atoms with Crippen LogP contribution in [0.2, 0.25) is 0 Å². The monoisotopic (exact) mass is 83.0 g/mol. The zero-order valence-electron chi connectivity index (χ0n) is 3.99. The van der Waals surface area contributed by atoms with Gasteiger partial charge in [0.15, 0.2) is 5.78 Å². The Kier molecular flexibility index (Phi) is 2.38. The second-order valence-electron chi connectivity index (χ2n) is 1.04. The van der Waals surface area contributed by atoms with Gasteiger partial charge in [-0.3, -0.25) is 4.79 Å². The van der Waals surface area contributed by atoms with Crippen molar-refractivity contribution in [3.05, 3.63) is 12.2 Å². The zero-order chi connectivity index (χ0) is 4.99.